The molecule has 2 aromatic heterocycles. The highest BCUT2D eigenvalue weighted by Gasteiger charge is 2.14. The van der Waals surface area contributed by atoms with Crippen LogP contribution in [0.15, 0.2) is 42.5 Å². The van der Waals surface area contributed by atoms with E-state index < -0.39 is 4.92 Å². The van der Waals surface area contributed by atoms with Gasteiger partial charge in [0.25, 0.3) is 5.69 Å². The average molecular weight is 312 g/mol. The SMILES string of the molecule is CCc1nc2cccc(OC)n2c1Nc1ccc([N+](=O)[O-])cc1. The largest absolute Gasteiger partial charge is 0.482 e. The van der Waals surface area contributed by atoms with Crippen molar-refractivity contribution < 1.29 is 9.66 Å². The van der Waals surface area contributed by atoms with E-state index in [4.69, 9.17) is 4.74 Å². The van der Waals surface area contributed by atoms with Gasteiger partial charge in [-0.05, 0) is 30.7 Å². The van der Waals surface area contributed by atoms with Crippen molar-refractivity contribution in [2.24, 2.45) is 0 Å². The van der Waals surface area contributed by atoms with Gasteiger partial charge in [-0.2, -0.15) is 0 Å². The van der Waals surface area contributed by atoms with Crippen molar-refractivity contribution in [3.63, 3.8) is 0 Å². The van der Waals surface area contributed by atoms with Gasteiger partial charge in [0.15, 0.2) is 0 Å². The number of nitro groups is 1. The summed E-state index contributed by atoms with van der Waals surface area (Å²) in [6.07, 6.45) is 0.750. The van der Waals surface area contributed by atoms with Crippen molar-refractivity contribution in [1.29, 1.82) is 0 Å². The number of non-ortho nitro benzene ring substituents is 1. The minimum absolute atomic E-state index is 0.0574. The van der Waals surface area contributed by atoms with E-state index in [0.717, 1.165) is 29.3 Å². The summed E-state index contributed by atoms with van der Waals surface area (Å²) in [7, 11) is 1.61. The predicted molar refractivity (Wildman–Crippen MR) is 87.5 cm³/mol. The van der Waals surface area contributed by atoms with Gasteiger partial charge in [0.05, 0.1) is 17.7 Å². The molecule has 3 rings (SSSR count). The van der Waals surface area contributed by atoms with Crippen molar-refractivity contribution in [1.82, 2.24) is 9.38 Å². The Hall–Kier alpha value is -3.09. The molecule has 0 saturated carbocycles. The van der Waals surface area contributed by atoms with Crippen LogP contribution >= 0.6 is 0 Å². The monoisotopic (exact) mass is 312 g/mol. The summed E-state index contributed by atoms with van der Waals surface area (Å²) in [5.74, 6) is 1.47. The Morgan fingerprint density at radius 1 is 1.26 bits per heavy atom. The third-order valence-electron chi connectivity index (χ3n) is 3.56. The summed E-state index contributed by atoms with van der Waals surface area (Å²) in [6.45, 7) is 2.02. The van der Waals surface area contributed by atoms with Crippen LogP contribution in [-0.4, -0.2) is 21.4 Å². The molecule has 0 radical (unpaired) electrons. The molecule has 0 aliphatic rings. The molecule has 0 saturated heterocycles. The molecule has 7 heteroatoms. The lowest BCUT2D eigenvalue weighted by Crippen LogP contribution is -2.01. The Morgan fingerprint density at radius 2 is 2.00 bits per heavy atom. The minimum Gasteiger partial charge on any atom is -0.482 e. The first-order valence-corrected chi connectivity index (χ1v) is 7.20. The summed E-state index contributed by atoms with van der Waals surface area (Å²) >= 11 is 0. The number of aromatic nitrogens is 2. The first-order chi connectivity index (χ1) is 11.1. The summed E-state index contributed by atoms with van der Waals surface area (Å²) in [5.41, 5.74) is 2.48. The summed E-state index contributed by atoms with van der Waals surface area (Å²) in [5, 5.41) is 14.0. The standard InChI is InChI=1S/C16H16N4O3/c1-3-13-16(17-11-7-9-12(10-8-11)20(21)22)19-14(18-13)5-4-6-15(19)23-2/h4-10,17H,3H2,1-2H3. The van der Waals surface area contributed by atoms with Crippen LogP contribution in [0.2, 0.25) is 0 Å². The highest BCUT2D eigenvalue weighted by atomic mass is 16.6. The molecule has 0 atom stereocenters. The summed E-state index contributed by atoms with van der Waals surface area (Å²) < 4.78 is 7.30. The molecule has 23 heavy (non-hydrogen) atoms. The Balaban J connectivity index is 2.06. The van der Waals surface area contributed by atoms with Crippen molar-refractivity contribution in [3.8, 4) is 5.88 Å². The van der Waals surface area contributed by atoms with E-state index in [9.17, 15) is 10.1 Å². The smallest absolute Gasteiger partial charge is 0.269 e. The van der Waals surface area contributed by atoms with E-state index in [1.165, 1.54) is 12.1 Å². The molecule has 0 amide bonds. The Labute approximate surface area is 132 Å². The van der Waals surface area contributed by atoms with Crippen molar-refractivity contribution >= 4 is 22.8 Å². The number of hydrogen-bond acceptors (Lipinski definition) is 5. The first kappa shape index (κ1) is 14.8. The highest BCUT2D eigenvalue weighted by molar-refractivity contribution is 5.66. The number of nitrogens with one attached hydrogen (secondary N) is 1. The van der Waals surface area contributed by atoms with Crippen LogP contribution in [0.25, 0.3) is 5.65 Å². The number of imidazole rings is 1. The highest BCUT2D eigenvalue weighted by Crippen LogP contribution is 2.28. The fourth-order valence-corrected chi connectivity index (χ4v) is 2.45. The first-order valence-electron chi connectivity index (χ1n) is 7.20. The minimum atomic E-state index is -0.418. The quantitative estimate of drug-likeness (QED) is 0.575. The molecule has 0 bridgehead atoms. The molecule has 118 valence electrons. The van der Waals surface area contributed by atoms with Crippen molar-refractivity contribution in [3.05, 3.63) is 58.3 Å². The van der Waals surface area contributed by atoms with Gasteiger partial charge in [-0.3, -0.25) is 10.1 Å². The molecule has 1 aromatic carbocycles. The lowest BCUT2D eigenvalue weighted by molar-refractivity contribution is -0.384. The predicted octanol–water partition coefficient (Wildman–Crippen LogP) is 3.56. The van der Waals surface area contributed by atoms with E-state index >= 15 is 0 Å². The number of rotatable bonds is 5. The zero-order valence-corrected chi connectivity index (χ0v) is 12.8. The summed E-state index contributed by atoms with van der Waals surface area (Å²) in [6, 6.07) is 11.9. The second-order valence-electron chi connectivity index (χ2n) is 4.95. The topological polar surface area (TPSA) is 81.7 Å². The maximum Gasteiger partial charge on any atom is 0.269 e. The Kier molecular flexibility index (Phi) is 3.84. The van der Waals surface area contributed by atoms with Crippen LogP contribution in [-0.2, 0) is 6.42 Å². The van der Waals surface area contributed by atoms with Crippen LogP contribution in [0.1, 0.15) is 12.6 Å². The molecule has 0 spiro atoms. The van der Waals surface area contributed by atoms with Crippen LogP contribution in [0.4, 0.5) is 17.2 Å². The zero-order chi connectivity index (χ0) is 16.4. The average Bonchev–Trinajstić information content (AvgIpc) is 2.93. The third-order valence-corrected chi connectivity index (χ3v) is 3.56. The number of pyridine rings is 1. The van der Waals surface area contributed by atoms with Crippen molar-refractivity contribution in [2.45, 2.75) is 13.3 Å². The number of hydrogen-bond donors (Lipinski definition) is 1. The Bertz CT molecular complexity index is 856. The zero-order valence-electron chi connectivity index (χ0n) is 12.8. The molecule has 7 nitrogen and oxygen atoms in total. The third kappa shape index (κ3) is 2.68. The van der Waals surface area contributed by atoms with Gasteiger partial charge in [-0.1, -0.05) is 13.0 Å². The molecular weight excluding hydrogens is 296 g/mol. The molecule has 0 aliphatic heterocycles. The maximum absolute atomic E-state index is 10.7. The van der Waals surface area contributed by atoms with Crippen LogP contribution < -0.4 is 10.1 Å². The second kappa shape index (κ2) is 5.96. The number of nitro benzene ring substituents is 1. The number of anilines is 2. The van der Waals surface area contributed by atoms with Crippen LogP contribution in [0, 0.1) is 10.1 Å². The molecule has 2 heterocycles. The maximum atomic E-state index is 10.7. The van der Waals surface area contributed by atoms with Gasteiger partial charge in [0.2, 0.25) is 5.88 Å². The van der Waals surface area contributed by atoms with Crippen LogP contribution in [0.3, 0.4) is 0 Å². The molecule has 3 aromatic rings. The van der Waals surface area contributed by atoms with Gasteiger partial charge < -0.3 is 10.1 Å². The van der Waals surface area contributed by atoms with E-state index in [0.29, 0.717) is 5.88 Å². The molecule has 0 fully saturated rings. The van der Waals surface area contributed by atoms with E-state index in [1.807, 2.05) is 29.5 Å². The fourth-order valence-electron chi connectivity index (χ4n) is 2.45. The number of fused-ring (bicyclic) bond motifs is 1. The molecule has 0 unspecified atom stereocenters. The number of aryl methyl sites for hydroxylation is 1. The normalized spacial score (nSPS) is 10.7. The lowest BCUT2D eigenvalue weighted by atomic mass is 10.2. The fraction of sp³-hybridized carbons (Fsp3) is 0.188. The van der Waals surface area contributed by atoms with Gasteiger partial charge in [-0.25, -0.2) is 9.38 Å². The van der Waals surface area contributed by atoms with E-state index in [2.05, 4.69) is 10.3 Å². The van der Waals surface area contributed by atoms with Gasteiger partial charge in [-0.15, -0.1) is 0 Å². The van der Waals surface area contributed by atoms with E-state index in [-0.39, 0.29) is 5.69 Å². The second-order valence-corrected chi connectivity index (χ2v) is 4.95. The van der Waals surface area contributed by atoms with Gasteiger partial charge >= 0.3 is 0 Å². The van der Waals surface area contributed by atoms with Crippen LogP contribution in [0.5, 0.6) is 5.88 Å². The van der Waals surface area contributed by atoms with Crippen molar-refractivity contribution in [2.75, 3.05) is 12.4 Å². The Morgan fingerprint density at radius 3 is 2.61 bits per heavy atom. The number of ether oxygens (including phenoxy) is 1. The number of methoxy groups -OCH3 is 1. The number of benzene rings is 1. The van der Waals surface area contributed by atoms with E-state index in [1.54, 1.807) is 19.2 Å². The summed E-state index contributed by atoms with van der Waals surface area (Å²) in [4.78, 5) is 14.9. The molecular formula is C16H16N4O3. The molecule has 1 N–H and O–H groups in total. The van der Waals surface area contributed by atoms with Gasteiger partial charge in [0, 0.05) is 17.8 Å². The lowest BCUT2D eigenvalue weighted by Gasteiger charge is -2.10. The number of nitrogens with zero attached hydrogens (tertiary/aromatic N) is 3. The molecule has 0 aliphatic carbocycles. The van der Waals surface area contributed by atoms with Gasteiger partial charge in [0.1, 0.15) is 11.5 Å².